The van der Waals surface area contributed by atoms with E-state index in [1.165, 1.54) is 6.92 Å². The van der Waals surface area contributed by atoms with Crippen molar-refractivity contribution >= 4 is 5.91 Å². The van der Waals surface area contributed by atoms with Crippen LogP contribution in [0.25, 0.3) is 0 Å². The first-order chi connectivity index (χ1) is 11.0. The first kappa shape index (κ1) is 18.8. The summed E-state index contributed by atoms with van der Waals surface area (Å²) in [5, 5.41) is 13.1. The Kier molecular flexibility index (Phi) is 5.32. The van der Waals surface area contributed by atoms with Crippen molar-refractivity contribution in [2.75, 3.05) is 6.54 Å². The predicted molar refractivity (Wildman–Crippen MR) is 82.3 cm³/mol. The highest BCUT2D eigenvalue weighted by Crippen LogP contribution is 2.41. The lowest BCUT2D eigenvalue weighted by atomic mass is 9.78. The molecule has 3 unspecified atom stereocenters. The third-order valence-electron chi connectivity index (χ3n) is 4.75. The summed E-state index contributed by atoms with van der Waals surface area (Å²) in [6, 6.07) is 1.67. The summed E-state index contributed by atoms with van der Waals surface area (Å²) in [6.07, 6.45) is -3.07. The fraction of sp³-hybridized carbons (Fsp3) is 0.706. The molecule has 1 amide bonds. The van der Waals surface area contributed by atoms with E-state index in [4.69, 9.17) is 4.42 Å². The molecule has 3 atom stereocenters. The minimum Gasteiger partial charge on any atom is -0.466 e. The first-order valence-electron chi connectivity index (χ1n) is 8.16. The SMILES string of the molecule is Cc1cc(C(C)(O)CNC(=O)C2CCCCC2C(F)(F)F)c(C)o1. The summed E-state index contributed by atoms with van der Waals surface area (Å²) in [7, 11) is 0. The Morgan fingerprint density at radius 2 is 1.96 bits per heavy atom. The third-order valence-corrected chi connectivity index (χ3v) is 4.75. The highest BCUT2D eigenvalue weighted by atomic mass is 19.4. The van der Waals surface area contributed by atoms with Crippen LogP contribution in [-0.4, -0.2) is 23.7 Å². The fourth-order valence-corrected chi connectivity index (χ4v) is 3.49. The van der Waals surface area contributed by atoms with Crippen molar-refractivity contribution < 1.29 is 27.5 Å². The lowest BCUT2D eigenvalue weighted by Crippen LogP contribution is -2.46. The van der Waals surface area contributed by atoms with E-state index in [0.717, 1.165) is 0 Å². The van der Waals surface area contributed by atoms with Gasteiger partial charge in [-0.15, -0.1) is 0 Å². The Morgan fingerprint density at radius 3 is 2.50 bits per heavy atom. The number of carbonyl (C=O) groups excluding carboxylic acids is 1. The maximum Gasteiger partial charge on any atom is 0.392 e. The van der Waals surface area contributed by atoms with Crippen LogP contribution in [0.15, 0.2) is 10.5 Å². The van der Waals surface area contributed by atoms with E-state index in [0.29, 0.717) is 29.9 Å². The van der Waals surface area contributed by atoms with Crippen molar-refractivity contribution in [3.05, 3.63) is 23.2 Å². The average molecular weight is 347 g/mol. The van der Waals surface area contributed by atoms with E-state index in [1.54, 1.807) is 19.9 Å². The maximum absolute atomic E-state index is 13.1. The molecular weight excluding hydrogens is 323 g/mol. The van der Waals surface area contributed by atoms with Crippen LogP contribution in [-0.2, 0) is 10.4 Å². The second-order valence-corrected chi connectivity index (χ2v) is 6.86. The number of halogens is 3. The van der Waals surface area contributed by atoms with Gasteiger partial charge in [-0.3, -0.25) is 4.79 Å². The average Bonchev–Trinajstić information content (AvgIpc) is 2.83. The molecule has 0 bridgehead atoms. The highest BCUT2D eigenvalue weighted by molar-refractivity contribution is 5.79. The third kappa shape index (κ3) is 4.12. The van der Waals surface area contributed by atoms with Gasteiger partial charge in [-0.25, -0.2) is 0 Å². The van der Waals surface area contributed by atoms with E-state index in [2.05, 4.69) is 5.32 Å². The van der Waals surface area contributed by atoms with Crippen LogP contribution in [0.5, 0.6) is 0 Å². The Balaban J connectivity index is 2.04. The quantitative estimate of drug-likeness (QED) is 0.875. The van der Waals surface area contributed by atoms with Gasteiger partial charge in [-0.05, 0) is 39.7 Å². The number of hydrogen-bond donors (Lipinski definition) is 2. The van der Waals surface area contributed by atoms with Crippen molar-refractivity contribution in [2.24, 2.45) is 11.8 Å². The predicted octanol–water partition coefficient (Wildman–Crippen LogP) is 3.59. The van der Waals surface area contributed by atoms with E-state index in [-0.39, 0.29) is 19.4 Å². The first-order valence-corrected chi connectivity index (χ1v) is 8.16. The Bertz CT molecular complexity index is 592. The van der Waals surface area contributed by atoms with E-state index in [9.17, 15) is 23.1 Å². The molecule has 0 saturated heterocycles. The second kappa shape index (κ2) is 6.78. The fourth-order valence-electron chi connectivity index (χ4n) is 3.49. The summed E-state index contributed by atoms with van der Waals surface area (Å²) in [6.45, 7) is 4.78. The molecule has 1 fully saturated rings. The molecule has 4 nitrogen and oxygen atoms in total. The van der Waals surface area contributed by atoms with Gasteiger partial charge in [0.1, 0.15) is 17.1 Å². The van der Waals surface area contributed by atoms with Gasteiger partial charge in [0, 0.05) is 11.5 Å². The molecule has 0 spiro atoms. The number of carbonyl (C=O) groups is 1. The van der Waals surface area contributed by atoms with Gasteiger partial charge in [0.05, 0.1) is 12.5 Å². The number of rotatable bonds is 4. The van der Waals surface area contributed by atoms with Crippen molar-refractivity contribution in [2.45, 2.75) is 58.2 Å². The van der Waals surface area contributed by atoms with Crippen molar-refractivity contribution in [3.8, 4) is 0 Å². The molecule has 0 radical (unpaired) electrons. The van der Waals surface area contributed by atoms with Crippen molar-refractivity contribution in [1.29, 1.82) is 0 Å². The van der Waals surface area contributed by atoms with Crippen molar-refractivity contribution in [1.82, 2.24) is 5.32 Å². The number of aliphatic hydroxyl groups is 1. The van der Waals surface area contributed by atoms with Crippen LogP contribution in [0.4, 0.5) is 13.2 Å². The zero-order chi connectivity index (χ0) is 18.1. The van der Waals surface area contributed by atoms with Crippen molar-refractivity contribution in [3.63, 3.8) is 0 Å². The highest BCUT2D eigenvalue weighted by Gasteiger charge is 2.48. The minimum absolute atomic E-state index is 0.0159. The molecule has 0 aromatic carbocycles. The number of amides is 1. The standard InChI is InChI=1S/C17H24F3NO3/c1-10-8-14(11(2)24-10)16(3,23)9-21-15(22)12-6-4-5-7-13(12)17(18,19)20/h8,12-13,23H,4-7,9H2,1-3H3,(H,21,22). The molecule has 1 saturated carbocycles. The molecule has 7 heteroatoms. The zero-order valence-electron chi connectivity index (χ0n) is 14.2. The lowest BCUT2D eigenvalue weighted by molar-refractivity contribution is -0.198. The number of aryl methyl sites for hydroxylation is 2. The molecular formula is C17H24F3NO3. The molecule has 1 aliphatic rings. The summed E-state index contributed by atoms with van der Waals surface area (Å²) in [5.74, 6) is -2.18. The molecule has 0 aliphatic heterocycles. The number of nitrogens with one attached hydrogen (secondary N) is 1. The molecule has 2 N–H and O–H groups in total. The Morgan fingerprint density at radius 1 is 1.33 bits per heavy atom. The van der Waals surface area contributed by atoms with E-state index >= 15 is 0 Å². The van der Waals surface area contributed by atoms with Gasteiger partial charge in [-0.1, -0.05) is 12.8 Å². The summed E-state index contributed by atoms with van der Waals surface area (Å²) in [5.41, 5.74) is -0.879. The van der Waals surface area contributed by atoms with Gasteiger partial charge < -0.3 is 14.8 Å². The lowest BCUT2D eigenvalue weighted by Gasteiger charge is -2.33. The molecule has 24 heavy (non-hydrogen) atoms. The molecule has 1 heterocycles. The number of furan rings is 1. The normalized spacial score (nSPS) is 24.5. The van der Waals surface area contributed by atoms with Gasteiger partial charge in [0.15, 0.2) is 0 Å². The topological polar surface area (TPSA) is 62.5 Å². The molecule has 136 valence electrons. The second-order valence-electron chi connectivity index (χ2n) is 6.86. The minimum atomic E-state index is -4.37. The molecule has 1 aliphatic carbocycles. The van der Waals surface area contributed by atoms with E-state index < -0.39 is 29.5 Å². The Labute approximate surface area is 139 Å². The maximum atomic E-state index is 13.1. The van der Waals surface area contributed by atoms with Crippen LogP contribution in [0.1, 0.15) is 49.7 Å². The number of alkyl halides is 3. The van der Waals surface area contributed by atoms with Crippen LogP contribution in [0.2, 0.25) is 0 Å². The van der Waals surface area contributed by atoms with Gasteiger partial charge >= 0.3 is 6.18 Å². The van der Waals surface area contributed by atoms with E-state index in [1.807, 2.05) is 0 Å². The molecule has 1 aromatic heterocycles. The smallest absolute Gasteiger partial charge is 0.392 e. The zero-order valence-corrected chi connectivity index (χ0v) is 14.2. The number of hydrogen-bond acceptors (Lipinski definition) is 3. The van der Waals surface area contributed by atoms with Crippen LogP contribution in [0, 0.1) is 25.7 Å². The van der Waals surface area contributed by atoms with Gasteiger partial charge in [0.25, 0.3) is 0 Å². The monoisotopic (exact) mass is 347 g/mol. The molecule has 1 aromatic rings. The van der Waals surface area contributed by atoms with Gasteiger partial charge in [-0.2, -0.15) is 13.2 Å². The summed E-state index contributed by atoms with van der Waals surface area (Å²) >= 11 is 0. The molecule has 2 rings (SSSR count). The Hall–Kier alpha value is -1.50. The van der Waals surface area contributed by atoms with Crippen LogP contribution >= 0.6 is 0 Å². The van der Waals surface area contributed by atoms with Crippen LogP contribution in [0.3, 0.4) is 0 Å². The van der Waals surface area contributed by atoms with Crippen LogP contribution < -0.4 is 5.32 Å². The van der Waals surface area contributed by atoms with Gasteiger partial charge in [0.2, 0.25) is 5.91 Å². The summed E-state index contributed by atoms with van der Waals surface area (Å²) < 4.78 is 44.7. The largest absolute Gasteiger partial charge is 0.466 e. The summed E-state index contributed by atoms with van der Waals surface area (Å²) in [4.78, 5) is 12.3.